The van der Waals surface area contributed by atoms with Gasteiger partial charge in [0, 0.05) is 21.1 Å². The summed E-state index contributed by atoms with van der Waals surface area (Å²) < 4.78 is 47.8. The van der Waals surface area contributed by atoms with Gasteiger partial charge in [0.05, 0.1) is 28.1 Å². The number of fused-ring (bicyclic) bond motifs is 9. The molecule has 2 aliphatic heterocycles. The van der Waals surface area contributed by atoms with E-state index in [9.17, 15) is 27.6 Å². The van der Waals surface area contributed by atoms with E-state index in [1.54, 1.807) is 12.1 Å². The molecular weight excluding hydrogens is 645 g/mol. The molecule has 0 radical (unpaired) electrons. The number of hydrogen-bond donors (Lipinski definition) is 1. The minimum atomic E-state index is -4.71. The number of halogens is 4. The number of hydrogen-bond acceptors (Lipinski definition) is 6. The number of H-pyrrole nitrogens is 1. The van der Waals surface area contributed by atoms with E-state index >= 15 is 0 Å². The van der Waals surface area contributed by atoms with Gasteiger partial charge in [-0.3, -0.25) is 14.4 Å². The summed E-state index contributed by atoms with van der Waals surface area (Å²) in [5.74, 6) is -2.54. The lowest BCUT2D eigenvalue weighted by Gasteiger charge is -2.43. The first-order chi connectivity index (χ1) is 21.6. The van der Waals surface area contributed by atoms with E-state index in [-0.39, 0.29) is 33.8 Å². The van der Waals surface area contributed by atoms with Gasteiger partial charge < -0.3 is 9.72 Å². The number of amides is 2. The lowest BCUT2D eigenvalue weighted by molar-refractivity contribution is -0.137. The molecule has 4 aromatic rings. The van der Waals surface area contributed by atoms with Gasteiger partial charge in [0.1, 0.15) is 12.4 Å². The van der Waals surface area contributed by atoms with Crippen molar-refractivity contribution in [3.63, 3.8) is 0 Å². The van der Waals surface area contributed by atoms with Crippen molar-refractivity contribution in [2.75, 3.05) is 4.90 Å². The van der Waals surface area contributed by atoms with Crippen molar-refractivity contribution in [3.05, 3.63) is 109 Å². The van der Waals surface area contributed by atoms with Gasteiger partial charge >= 0.3 is 11.0 Å². The first-order valence-corrected chi connectivity index (χ1v) is 16.6. The SMILES string of the molecule is O=C1C2C3CC(C2C(=O)N1c1ccccc1C(F)(F)F)C1C3Sc2[nH]c(=O)sc2[C@@H]1c1ccc(OCc2ccc(Cl)cc2)cc1. The second-order valence-corrected chi connectivity index (χ2v) is 14.6. The van der Waals surface area contributed by atoms with E-state index in [1.807, 2.05) is 36.4 Å². The third-order valence-electron chi connectivity index (χ3n) is 9.73. The fourth-order valence-corrected chi connectivity index (χ4v) is 11.1. The predicted molar refractivity (Wildman–Crippen MR) is 165 cm³/mol. The van der Waals surface area contributed by atoms with Crippen LogP contribution in [0.2, 0.25) is 5.02 Å². The van der Waals surface area contributed by atoms with Gasteiger partial charge in [-0.25, -0.2) is 4.90 Å². The molecule has 1 saturated heterocycles. The van der Waals surface area contributed by atoms with Crippen LogP contribution < -0.4 is 14.5 Å². The molecule has 3 heterocycles. The summed E-state index contributed by atoms with van der Waals surface area (Å²) in [5.41, 5.74) is 0.526. The maximum absolute atomic E-state index is 13.9. The Bertz CT molecular complexity index is 1890. The van der Waals surface area contributed by atoms with Crippen LogP contribution in [0.5, 0.6) is 5.75 Å². The van der Waals surface area contributed by atoms with E-state index in [1.165, 1.54) is 30.0 Å². The smallest absolute Gasteiger partial charge is 0.418 e. The quantitative estimate of drug-likeness (QED) is 0.225. The van der Waals surface area contributed by atoms with Gasteiger partial charge in [-0.1, -0.05) is 59.3 Å². The van der Waals surface area contributed by atoms with E-state index in [4.69, 9.17) is 16.3 Å². The number of thioether (sulfide) groups is 1. The second kappa shape index (κ2) is 10.5. The molecule has 1 N–H and O–H groups in total. The summed E-state index contributed by atoms with van der Waals surface area (Å²) in [6, 6.07) is 19.9. The number of para-hydroxylation sites is 1. The molecular formula is C33H24ClF3N2O4S2. The average molecular weight is 669 g/mol. The number of anilines is 1. The van der Waals surface area contributed by atoms with Crippen molar-refractivity contribution < 1.29 is 27.5 Å². The number of nitrogens with one attached hydrogen (secondary N) is 1. The van der Waals surface area contributed by atoms with Crippen LogP contribution in [0.25, 0.3) is 0 Å². The third kappa shape index (κ3) is 4.57. The van der Waals surface area contributed by atoms with E-state index in [0.29, 0.717) is 23.8 Å². The number of aromatic nitrogens is 1. The number of benzene rings is 3. The lowest BCUT2D eigenvalue weighted by Crippen LogP contribution is -2.42. The largest absolute Gasteiger partial charge is 0.489 e. The van der Waals surface area contributed by atoms with Crippen molar-refractivity contribution in [2.45, 2.75) is 35.4 Å². The predicted octanol–water partition coefficient (Wildman–Crippen LogP) is 7.37. The number of alkyl halides is 3. The molecule has 12 heteroatoms. The maximum Gasteiger partial charge on any atom is 0.418 e. The Hall–Kier alpha value is -3.54. The summed E-state index contributed by atoms with van der Waals surface area (Å²) in [6.45, 7) is 0.363. The molecule has 3 aromatic carbocycles. The van der Waals surface area contributed by atoms with Crippen LogP contribution in [0.4, 0.5) is 18.9 Å². The van der Waals surface area contributed by atoms with Gasteiger partial charge in [-0.2, -0.15) is 13.2 Å². The van der Waals surface area contributed by atoms with Crippen LogP contribution in [0, 0.1) is 29.6 Å². The number of thiazole rings is 1. The molecule has 3 fully saturated rings. The van der Waals surface area contributed by atoms with E-state index in [0.717, 1.165) is 43.3 Å². The molecule has 4 aliphatic rings. The maximum atomic E-state index is 13.9. The van der Waals surface area contributed by atoms with Crippen molar-refractivity contribution in [3.8, 4) is 5.75 Å². The van der Waals surface area contributed by atoms with E-state index < -0.39 is 41.1 Å². The summed E-state index contributed by atoms with van der Waals surface area (Å²) in [6.07, 6.45) is -4.07. The number of carbonyl (C=O) groups excluding carboxylic acids is 2. The number of rotatable bonds is 5. The Kier molecular flexibility index (Phi) is 6.74. The molecule has 6 unspecified atom stereocenters. The highest BCUT2D eigenvalue weighted by atomic mass is 35.5. The van der Waals surface area contributed by atoms with Crippen molar-refractivity contribution in [1.82, 2.24) is 4.98 Å². The van der Waals surface area contributed by atoms with Crippen LogP contribution in [0.1, 0.15) is 33.9 Å². The molecule has 0 spiro atoms. The summed E-state index contributed by atoms with van der Waals surface area (Å²) in [4.78, 5) is 44.8. The monoisotopic (exact) mass is 668 g/mol. The van der Waals surface area contributed by atoms with Crippen LogP contribution in [0.15, 0.2) is 82.6 Å². The number of aromatic amines is 1. The Morgan fingerprint density at radius 1 is 0.911 bits per heavy atom. The highest BCUT2D eigenvalue weighted by Crippen LogP contribution is 2.68. The summed E-state index contributed by atoms with van der Waals surface area (Å²) >= 11 is 8.66. The van der Waals surface area contributed by atoms with Crippen LogP contribution in [-0.2, 0) is 22.4 Å². The second-order valence-electron chi connectivity index (χ2n) is 12.0. The minimum absolute atomic E-state index is 0.0735. The normalized spacial score (nSPS) is 28.3. The zero-order chi connectivity index (χ0) is 31.2. The fraction of sp³-hybridized carbons (Fsp3) is 0.303. The standard InChI is InChI=1S/C33H24ClF3N2O4S2/c34-17-9-5-15(6-10-17)14-43-18-11-7-16(8-12-18)23-24-19-13-20(27(24)44-29-28(23)45-32(42)38-29)26-25(19)30(40)39(31(26)41)22-4-2-1-3-21(22)33(35,36)37/h1-12,19-20,23-27H,13-14H2,(H,38,42)/t19?,20?,23-,24?,25?,26?,27?/m1/s1. The Morgan fingerprint density at radius 3 is 2.31 bits per heavy atom. The molecule has 2 saturated carbocycles. The first-order valence-electron chi connectivity index (χ1n) is 14.5. The lowest BCUT2D eigenvalue weighted by atomic mass is 9.68. The molecule has 1 aromatic heterocycles. The minimum Gasteiger partial charge on any atom is -0.489 e. The van der Waals surface area contributed by atoms with Gasteiger partial charge in [-0.05, 0) is 71.7 Å². The number of imide groups is 1. The first kappa shape index (κ1) is 28.9. The molecule has 230 valence electrons. The highest BCUT2D eigenvalue weighted by molar-refractivity contribution is 8.00. The zero-order valence-electron chi connectivity index (χ0n) is 23.3. The fourth-order valence-electron chi connectivity index (χ4n) is 8.05. The van der Waals surface area contributed by atoms with Crippen molar-refractivity contribution >= 4 is 52.2 Å². The van der Waals surface area contributed by atoms with Crippen molar-refractivity contribution in [1.29, 1.82) is 0 Å². The van der Waals surface area contributed by atoms with E-state index in [2.05, 4.69) is 4.98 Å². The highest BCUT2D eigenvalue weighted by Gasteiger charge is 2.70. The summed E-state index contributed by atoms with van der Waals surface area (Å²) in [5, 5.41) is 1.33. The topological polar surface area (TPSA) is 79.5 Å². The Labute approximate surface area is 268 Å². The van der Waals surface area contributed by atoms with Gasteiger partial charge in [-0.15, -0.1) is 11.8 Å². The van der Waals surface area contributed by atoms with Crippen LogP contribution >= 0.6 is 34.7 Å². The zero-order valence-corrected chi connectivity index (χ0v) is 25.7. The average Bonchev–Trinajstić information content (AvgIpc) is 3.75. The number of nitrogens with zero attached hydrogens (tertiary/aromatic N) is 1. The van der Waals surface area contributed by atoms with Gasteiger partial charge in [0.2, 0.25) is 11.8 Å². The molecule has 2 bridgehead atoms. The molecule has 2 aliphatic carbocycles. The van der Waals surface area contributed by atoms with Crippen molar-refractivity contribution in [2.24, 2.45) is 29.6 Å². The molecule has 2 amide bonds. The molecule has 8 rings (SSSR count). The number of carbonyl (C=O) groups is 2. The Morgan fingerprint density at radius 2 is 1.60 bits per heavy atom. The molecule has 7 atom stereocenters. The third-order valence-corrected chi connectivity index (χ3v) is 12.6. The van der Waals surface area contributed by atoms with Gasteiger partial charge in [0.25, 0.3) is 0 Å². The molecule has 6 nitrogen and oxygen atoms in total. The van der Waals surface area contributed by atoms with Gasteiger partial charge in [0.15, 0.2) is 0 Å². The molecule has 45 heavy (non-hydrogen) atoms. The van der Waals surface area contributed by atoms with Crippen LogP contribution in [0.3, 0.4) is 0 Å². The van der Waals surface area contributed by atoms with Crippen LogP contribution in [-0.4, -0.2) is 22.0 Å². The number of ether oxygens (including phenoxy) is 1. The Balaban J connectivity index is 1.12. The summed E-state index contributed by atoms with van der Waals surface area (Å²) in [7, 11) is 0.